The third-order valence-electron chi connectivity index (χ3n) is 7.83. The van der Waals surface area contributed by atoms with E-state index in [1.54, 1.807) is 32.4 Å². The molecule has 5 rings (SSSR count). The van der Waals surface area contributed by atoms with E-state index in [-0.39, 0.29) is 29.8 Å². The molecule has 2 saturated heterocycles. The van der Waals surface area contributed by atoms with E-state index >= 15 is 0 Å². The van der Waals surface area contributed by atoms with Crippen LogP contribution in [0.1, 0.15) is 11.5 Å². The van der Waals surface area contributed by atoms with Crippen molar-refractivity contribution < 1.29 is 27.4 Å². The van der Waals surface area contributed by atoms with Gasteiger partial charge in [-0.1, -0.05) is 36.4 Å². The Labute approximate surface area is 235 Å². The molecule has 3 aromatic carbocycles. The molecule has 0 unspecified atom stereocenters. The van der Waals surface area contributed by atoms with Crippen molar-refractivity contribution in [3.05, 3.63) is 78.4 Å². The van der Waals surface area contributed by atoms with Crippen molar-refractivity contribution in [1.82, 2.24) is 9.21 Å². The molecule has 2 heterocycles. The van der Waals surface area contributed by atoms with Crippen molar-refractivity contribution in [2.24, 2.45) is 5.92 Å². The predicted molar refractivity (Wildman–Crippen MR) is 153 cm³/mol. The first-order valence-corrected chi connectivity index (χ1v) is 14.7. The van der Waals surface area contributed by atoms with Gasteiger partial charge < -0.3 is 24.0 Å². The number of carbonyl (C=O) groups is 1. The fourth-order valence-corrected chi connectivity index (χ4v) is 7.14. The summed E-state index contributed by atoms with van der Waals surface area (Å²) in [5.74, 6) is 1.21. The minimum Gasteiger partial charge on any atom is -0.497 e. The highest BCUT2D eigenvalue weighted by atomic mass is 32.2. The summed E-state index contributed by atoms with van der Waals surface area (Å²) in [6, 6.07) is 21.9. The van der Waals surface area contributed by atoms with E-state index in [0.717, 1.165) is 22.7 Å². The van der Waals surface area contributed by atoms with Gasteiger partial charge in [0.15, 0.2) is 0 Å². The quantitative estimate of drug-likeness (QED) is 0.413. The molecular weight excluding hydrogens is 530 g/mol. The van der Waals surface area contributed by atoms with Gasteiger partial charge in [-0.15, -0.1) is 0 Å². The molecule has 0 aliphatic carbocycles. The summed E-state index contributed by atoms with van der Waals surface area (Å²) in [7, 11) is 0.955. The molecule has 0 aromatic heterocycles. The largest absolute Gasteiger partial charge is 0.497 e. The summed E-state index contributed by atoms with van der Waals surface area (Å²) in [5, 5.41) is 0. The van der Waals surface area contributed by atoms with Crippen LogP contribution in [0, 0.1) is 5.92 Å². The van der Waals surface area contributed by atoms with E-state index in [1.807, 2.05) is 53.4 Å². The van der Waals surface area contributed by atoms with Gasteiger partial charge in [0.1, 0.15) is 17.2 Å². The molecule has 0 bridgehead atoms. The fraction of sp³-hybridized carbons (Fsp3) is 0.367. The van der Waals surface area contributed by atoms with Crippen molar-refractivity contribution in [2.45, 2.75) is 10.8 Å². The molecule has 2 fully saturated rings. The number of piperazine rings is 1. The Balaban J connectivity index is 1.36. The van der Waals surface area contributed by atoms with Gasteiger partial charge in [-0.2, -0.15) is 4.31 Å². The average molecular weight is 566 g/mol. The number of benzene rings is 3. The second-order valence-corrected chi connectivity index (χ2v) is 11.9. The van der Waals surface area contributed by atoms with Gasteiger partial charge in [0, 0.05) is 57.3 Å². The Morgan fingerprint density at radius 3 is 2.15 bits per heavy atom. The molecule has 2 aliphatic rings. The van der Waals surface area contributed by atoms with E-state index in [4.69, 9.17) is 14.2 Å². The summed E-state index contributed by atoms with van der Waals surface area (Å²) >= 11 is 0. The molecular formula is C30H35N3O6S. The van der Waals surface area contributed by atoms with Crippen molar-refractivity contribution in [2.75, 3.05) is 65.5 Å². The highest BCUT2D eigenvalue weighted by Gasteiger charge is 2.45. The zero-order chi connectivity index (χ0) is 28.3. The molecule has 0 radical (unpaired) electrons. The lowest BCUT2D eigenvalue weighted by Crippen LogP contribution is -2.51. The van der Waals surface area contributed by atoms with E-state index < -0.39 is 15.9 Å². The van der Waals surface area contributed by atoms with Gasteiger partial charge in [-0.05, 0) is 29.8 Å². The van der Waals surface area contributed by atoms with E-state index in [9.17, 15) is 13.2 Å². The zero-order valence-corrected chi connectivity index (χ0v) is 23.8. The monoisotopic (exact) mass is 565 g/mol. The number of hydrogen-bond donors (Lipinski definition) is 0. The van der Waals surface area contributed by atoms with Gasteiger partial charge in [0.05, 0.1) is 37.8 Å². The number of sulfonamides is 1. The maximum atomic E-state index is 14.0. The Bertz CT molecular complexity index is 1440. The smallest absolute Gasteiger partial charge is 0.243 e. The molecule has 0 N–H and O–H groups in total. The lowest BCUT2D eigenvalue weighted by atomic mass is 9.88. The lowest BCUT2D eigenvalue weighted by molar-refractivity contribution is -0.135. The maximum absolute atomic E-state index is 14.0. The van der Waals surface area contributed by atoms with Gasteiger partial charge in [-0.3, -0.25) is 4.79 Å². The van der Waals surface area contributed by atoms with Crippen molar-refractivity contribution in [1.29, 1.82) is 0 Å². The summed E-state index contributed by atoms with van der Waals surface area (Å²) in [6.07, 6.45) is 0. The number of nitrogens with zero attached hydrogens (tertiary/aromatic N) is 3. The fourth-order valence-electron chi connectivity index (χ4n) is 5.61. The first-order valence-electron chi connectivity index (χ1n) is 13.3. The molecule has 0 saturated carbocycles. The van der Waals surface area contributed by atoms with E-state index in [0.29, 0.717) is 31.9 Å². The summed E-state index contributed by atoms with van der Waals surface area (Å²) in [6.45, 7) is 2.68. The number of carbonyl (C=O) groups excluding carboxylic acids is 1. The van der Waals surface area contributed by atoms with Crippen LogP contribution in [0.5, 0.6) is 17.2 Å². The van der Waals surface area contributed by atoms with Gasteiger partial charge in [-0.25, -0.2) is 8.42 Å². The molecule has 212 valence electrons. The minimum atomic E-state index is -3.82. The average Bonchev–Trinajstić information content (AvgIpc) is 3.47. The molecule has 2 atom stereocenters. The highest BCUT2D eigenvalue weighted by Crippen LogP contribution is 2.38. The van der Waals surface area contributed by atoms with Gasteiger partial charge in [0.2, 0.25) is 15.9 Å². The molecule has 2 aliphatic heterocycles. The normalized spacial score (nSPS) is 19.9. The number of hydrogen-bond acceptors (Lipinski definition) is 7. The Morgan fingerprint density at radius 1 is 0.775 bits per heavy atom. The molecule has 0 spiro atoms. The SMILES string of the molecule is COc1cccc(S(=O)(=O)N2C[C@@H](C(=O)N3CCN(c4cc(OC)ccc4OC)CC3)[C@H](c3ccccc3)C2)c1. The van der Waals surface area contributed by atoms with Crippen LogP contribution in [0.15, 0.2) is 77.7 Å². The Morgan fingerprint density at radius 2 is 1.48 bits per heavy atom. The predicted octanol–water partition coefficient (Wildman–Crippen LogP) is 3.47. The number of ether oxygens (including phenoxy) is 3. The topological polar surface area (TPSA) is 88.6 Å². The van der Waals surface area contributed by atoms with Crippen LogP contribution in [0.2, 0.25) is 0 Å². The van der Waals surface area contributed by atoms with Crippen molar-refractivity contribution in [3.63, 3.8) is 0 Å². The van der Waals surface area contributed by atoms with Gasteiger partial charge in [0.25, 0.3) is 0 Å². The maximum Gasteiger partial charge on any atom is 0.243 e. The minimum absolute atomic E-state index is 0.0190. The third kappa shape index (κ3) is 5.46. The number of anilines is 1. The third-order valence-corrected chi connectivity index (χ3v) is 9.66. The van der Waals surface area contributed by atoms with Gasteiger partial charge >= 0.3 is 0 Å². The van der Waals surface area contributed by atoms with Crippen LogP contribution >= 0.6 is 0 Å². The van der Waals surface area contributed by atoms with Crippen molar-refractivity contribution >= 4 is 21.6 Å². The summed E-state index contributed by atoms with van der Waals surface area (Å²) in [4.78, 5) is 18.2. The summed E-state index contributed by atoms with van der Waals surface area (Å²) in [5.41, 5.74) is 1.89. The molecule has 10 heteroatoms. The van der Waals surface area contributed by atoms with Crippen molar-refractivity contribution in [3.8, 4) is 17.2 Å². The van der Waals surface area contributed by atoms with Crippen LogP contribution in [0.3, 0.4) is 0 Å². The lowest BCUT2D eigenvalue weighted by Gasteiger charge is -2.38. The van der Waals surface area contributed by atoms with Crippen LogP contribution in [0.25, 0.3) is 0 Å². The Kier molecular flexibility index (Phi) is 8.18. The Hall–Kier alpha value is -3.76. The standard InChI is InChI=1S/C30H35N3O6S/c1-37-23-10-7-11-25(18-23)40(35,36)33-20-26(22-8-5-4-6-9-22)27(21-33)30(34)32-16-14-31(15-17-32)28-19-24(38-2)12-13-29(28)39-3/h4-13,18-19,26-27H,14-17,20-21H2,1-3H3/t26-,27+/m0/s1. The first kappa shape index (κ1) is 27.8. The first-order chi connectivity index (χ1) is 19.3. The second-order valence-electron chi connectivity index (χ2n) is 9.97. The van der Waals surface area contributed by atoms with Crippen LogP contribution in [-0.4, -0.2) is 84.1 Å². The van der Waals surface area contributed by atoms with Crippen LogP contribution in [-0.2, 0) is 14.8 Å². The molecule has 9 nitrogen and oxygen atoms in total. The van der Waals surface area contributed by atoms with Crippen LogP contribution in [0.4, 0.5) is 5.69 Å². The molecule has 1 amide bonds. The zero-order valence-electron chi connectivity index (χ0n) is 23.0. The molecule has 3 aromatic rings. The second kappa shape index (κ2) is 11.8. The number of amides is 1. The summed E-state index contributed by atoms with van der Waals surface area (Å²) < 4.78 is 45.0. The van der Waals surface area contributed by atoms with Crippen LogP contribution < -0.4 is 19.1 Å². The molecule has 40 heavy (non-hydrogen) atoms. The van der Waals surface area contributed by atoms with E-state index in [2.05, 4.69) is 4.90 Å². The number of methoxy groups -OCH3 is 3. The highest BCUT2D eigenvalue weighted by molar-refractivity contribution is 7.89. The van der Waals surface area contributed by atoms with E-state index in [1.165, 1.54) is 17.5 Å². The number of rotatable bonds is 8.